The zero-order valence-electron chi connectivity index (χ0n) is 15.9. The van der Waals surface area contributed by atoms with Gasteiger partial charge in [0.05, 0.1) is 16.8 Å². The largest absolute Gasteiger partial charge is 0.511 e. The van der Waals surface area contributed by atoms with Gasteiger partial charge < -0.3 is 15.0 Å². The molecule has 1 fully saturated rings. The van der Waals surface area contributed by atoms with Gasteiger partial charge in [0.2, 0.25) is 0 Å². The lowest BCUT2D eigenvalue weighted by Gasteiger charge is -2.30. The minimum absolute atomic E-state index is 0.0166. The number of ketones is 2. The minimum Gasteiger partial charge on any atom is -0.511 e. The molecule has 1 aromatic heterocycles. The fourth-order valence-electron chi connectivity index (χ4n) is 4.01. The van der Waals surface area contributed by atoms with E-state index in [0.29, 0.717) is 49.1 Å². The van der Waals surface area contributed by atoms with Crippen LogP contribution in [0.25, 0.3) is 0 Å². The summed E-state index contributed by atoms with van der Waals surface area (Å²) < 4.78 is 5.36. The number of aliphatic hydroxyl groups is 1. The Hall–Kier alpha value is -2.24. The average Bonchev–Trinajstić information content (AvgIpc) is 2.84. The van der Waals surface area contributed by atoms with Gasteiger partial charge in [-0.3, -0.25) is 9.59 Å². The van der Waals surface area contributed by atoms with E-state index in [0.717, 1.165) is 0 Å². The van der Waals surface area contributed by atoms with Crippen molar-refractivity contribution in [3.63, 3.8) is 0 Å². The third-order valence-electron chi connectivity index (χ3n) is 5.15. The van der Waals surface area contributed by atoms with Crippen LogP contribution in [0.3, 0.4) is 0 Å². The first kappa shape index (κ1) is 18.5. The lowest BCUT2D eigenvalue weighted by molar-refractivity contribution is -0.117. The number of hydrogen-bond acceptors (Lipinski definition) is 6. The van der Waals surface area contributed by atoms with E-state index < -0.39 is 0 Å². The number of rotatable bonds is 3. The maximum Gasteiger partial charge on any atom is 0.168 e. The van der Waals surface area contributed by atoms with Gasteiger partial charge in [0.25, 0.3) is 0 Å². The van der Waals surface area contributed by atoms with Crippen LogP contribution >= 0.6 is 0 Å². The van der Waals surface area contributed by atoms with Crippen molar-refractivity contribution in [3.05, 3.63) is 28.3 Å². The van der Waals surface area contributed by atoms with Crippen molar-refractivity contribution in [2.24, 2.45) is 10.8 Å². The monoisotopic (exact) mass is 358 g/mol. The number of carbonyl (C=O) groups is 2. The average molecular weight is 358 g/mol. The van der Waals surface area contributed by atoms with Crippen LogP contribution in [-0.4, -0.2) is 27.5 Å². The standard InChI is InChI=1S/C20H26N2O4/c1-19(2)7-11(21)17(14(24)8-19)13(23)6-5-12-18-15(25)9-20(3,4)10-16(18)26-22-12/h21,23H,5-10H2,1-4H3. The highest BCUT2D eigenvalue weighted by molar-refractivity contribution is 6.23. The summed E-state index contributed by atoms with van der Waals surface area (Å²) in [6.07, 6.45) is 2.36. The molecule has 0 saturated heterocycles. The van der Waals surface area contributed by atoms with Gasteiger partial charge in [0.1, 0.15) is 11.5 Å². The van der Waals surface area contributed by atoms with Crippen LogP contribution < -0.4 is 0 Å². The molecule has 140 valence electrons. The summed E-state index contributed by atoms with van der Waals surface area (Å²) >= 11 is 0. The number of aliphatic hydroxyl groups excluding tert-OH is 1. The molecule has 0 unspecified atom stereocenters. The Bertz CT molecular complexity index is 805. The van der Waals surface area contributed by atoms with Crippen molar-refractivity contribution in [3.8, 4) is 0 Å². The lowest BCUT2D eigenvalue weighted by Crippen LogP contribution is -2.32. The molecular weight excluding hydrogens is 332 g/mol. The third-order valence-corrected chi connectivity index (χ3v) is 5.15. The summed E-state index contributed by atoms with van der Waals surface area (Å²) in [5.41, 5.74) is 0.998. The Balaban J connectivity index is 1.78. The van der Waals surface area contributed by atoms with E-state index in [2.05, 4.69) is 5.16 Å². The SMILES string of the molecule is CC1(C)CC(=N)C(=C(O)CCc2noc3c2C(=O)CC(C)(C)C3)C(=O)C1. The van der Waals surface area contributed by atoms with Crippen LogP contribution in [0.5, 0.6) is 0 Å². The van der Waals surface area contributed by atoms with E-state index in [4.69, 9.17) is 9.93 Å². The van der Waals surface area contributed by atoms with Crippen molar-refractivity contribution in [1.82, 2.24) is 5.16 Å². The summed E-state index contributed by atoms with van der Waals surface area (Å²) in [5.74, 6) is 0.346. The number of nitrogens with zero attached hydrogens (tertiary/aromatic N) is 1. The smallest absolute Gasteiger partial charge is 0.168 e. The molecule has 1 heterocycles. The van der Waals surface area contributed by atoms with Gasteiger partial charge in [-0.15, -0.1) is 0 Å². The second-order valence-corrected chi connectivity index (χ2v) is 9.11. The molecule has 2 aliphatic carbocycles. The summed E-state index contributed by atoms with van der Waals surface area (Å²) in [7, 11) is 0. The highest BCUT2D eigenvalue weighted by atomic mass is 16.5. The first-order chi connectivity index (χ1) is 12.0. The fraction of sp³-hybridized carbons (Fsp3) is 0.600. The molecular formula is C20H26N2O4. The second kappa shape index (κ2) is 6.18. The molecule has 3 rings (SSSR count). The minimum atomic E-state index is -0.248. The molecule has 0 amide bonds. The first-order valence-electron chi connectivity index (χ1n) is 9.03. The first-order valence-corrected chi connectivity index (χ1v) is 9.03. The number of nitrogens with one attached hydrogen (secondary N) is 1. The van der Waals surface area contributed by atoms with Crippen LogP contribution in [0.2, 0.25) is 0 Å². The van der Waals surface area contributed by atoms with E-state index >= 15 is 0 Å². The van der Waals surface area contributed by atoms with Gasteiger partial charge in [-0.05, 0) is 17.3 Å². The van der Waals surface area contributed by atoms with Gasteiger partial charge in [-0.2, -0.15) is 0 Å². The maximum atomic E-state index is 12.4. The Morgan fingerprint density at radius 1 is 1.08 bits per heavy atom. The Labute approximate surface area is 153 Å². The lowest BCUT2D eigenvalue weighted by atomic mass is 9.73. The van der Waals surface area contributed by atoms with Crippen LogP contribution in [0.15, 0.2) is 15.9 Å². The summed E-state index contributed by atoms with van der Waals surface area (Å²) in [5, 5.41) is 22.6. The van der Waals surface area contributed by atoms with Crippen molar-refractivity contribution in [1.29, 1.82) is 5.41 Å². The molecule has 0 radical (unpaired) electrons. The highest BCUT2D eigenvalue weighted by Crippen LogP contribution is 2.37. The predicted molar refractivity (Wildman–Crippen MR) is 96.7 cm³/mol. The molecule has 0 atom stereocenters. The highest BCUT2D eigenvalue weighted by Gasteiger charge is 2.37. The van der Waals surface area contributed by atoms with Gasteiger partial charge in [-0.1, -0.05) is 32.9 Å². The Kier molecular flexibility index (Phi) is 4.41. The Morgan fingerprint density at radius 2 is 1.69 bits per heavy atom. The molecule has 26 heavy (non-hydrogen) atoms. The van der Waals surface area contributed by atoms with Crippen LogP contribution in [-0.2, 0) is 17.6 Å². The molecule has 6 nitrogen and oxygen atoms in total. The number of fused-ring (bicyclic) bond motifs is 1. The molecule has 1 saturated carbocycles. The van der Waals surface area contributed by atoms with Crippen molar-refractivity contribution in [2.75, 3.05) is 0 Å². The quantitative estimate of drug-likeness (QED) is 0.628. The van der Waals surface area contributed by atoms with Gasteiger partial charge in [-0.25, -0.2) is 0 Å². The van der Waals surface area contributed by atoms with Gasteiger partial charge in [0.15, 0.2) is 11.6 Å². The van der Waals surface area contributed by atoms with E-state index in [-0.39, 0.29) is 45.9 Å². The third kappa shape index (κ3) is 3.50. The molecule has 0 bridgehead atoms. The number of carbonyl (C=O) groups excluding carboxylic acids is 2. The normalized spacial score (nSPS) is 23.8. The van der Waals surface area contributed by atoms with E-state index in [9.17, 15) is 14.7 Å². The second-order valence-electron chi connectivity index (χ2n) is 9.11. The summed E-state index contributed by atoms with van der Waals surface area (Å²) in [4.78, 5) is 24.8. The molecule has 2 N–H and O–H groups in total. The van der Waals surface area contributed by atoms with Crippen molar-refractivity contribution >= 4 is 17.3 Å². The van der Waals surface area contributed by atoms with Crippen LogP contribution in [0, 0.1) is 16.2 Å². The molecule has 0 spiro atoms. The summed E-state index contributed by atoms with van der Waals surface area (Å²) in [6.45, 7) is 7.94. The topological polar surface area (TPSA) is 104 Å². The van der Waals surface area contributed by atoms with E-state index in [1.165, 1.54) is 0 Å². The number of Topliss-reactive ketones (excluding diaryl/α,β-unsaturated/α-hetero) is 2. The van der Waals surface area contributed by atoms with Crippen LogP contribution in [0.4, 0.5) is 0 Å². The zero-order valence-corrected chi connectivity index (χ0v) is 15.9. The Morgan fingerprint density at radius 3 is 2.35 bits per heavy atom. The molecule has 1 aromatic rings. The van der Waals surface area contributed by atoms with Gasteiger partial charge in [0, 0.05) is 37.8 Å². The number of allylic oxidation sites excluding steroid dienone is 2. The summed E-state index contributed by atoms with van der Waals surface area (Å²) in [6, 6.07) is 0. The fourth-order valence-corrected chi connectivity index (χ4v) is 4.01. The molecule has 2 aliphatic rings. The number of aryl methyl sites for hydroxylation is 1. The van der Waals surface area contributed by atoms with Crippen molar-refractivity contribution in [2.45, 2.75) is 66.2 Å². The predicted octanol–water partition coefficient (Wildman–Crippen LogP) is 3.98. The van der Waals surface area contributed by atoms with Gasteiger partial charge >= 0.3 is 0 Å². The van der Waals surface area contributed by atoms with Crippen LogP contribution in [0.1, 0.15) is 75.2 Å². The molecule has 6 heteroatoms. The number of aromatic nitrogens is 1. The number of hydrogen-bond donors (Lipinski definition) is 2. The van der Waals surface area contributed by atoms with E-state index in [1.807, 2.05) is 27.7 Å². The van der Waals surface area contributed by atoms with Crippen molar-refractivity contribution < 1.29 is 19.2 Å². The van der Waals surface area contributed by atoms with E-state index in [1.54, 1.807) is 0 Å². The molecule has 0 aromatic carbocycles. The molecule has 0 aliphatic heterocycles. The maximum absolute atomic E-state index is 12.4. The zero-order chi connectivity index (χ0) is 19.3.